The summed E-state index contributed by atoms with van der Waals surface area (Å²) in [7, 11) is 6.00. The van der Waals surface area contributed by atoms with Gasteiger partial charge in [0.1, 0.15) is 0 Å². The zero-order valence-corrected chi connectivity index (χ0v) is 19.0. The topological polar surface area (TPSA) is 71.1 Å². The molecule has 0 spiro atoms. The normalized spacial score (nSPS) is 10.4. The van der Waals surface area contributed by atoms with E-state index in [1.807, 2.05) is 0 Å². The molecule has 0 aliphatic carbocycles. The van der Waals surface area contributed by atoms with Crippen molar-refractivity contribution in [3.05, 3.63) is 81.9 Å². The van der Waals surface area contributed by atoms with Crippen LogP contribution >= 0.6 is 11.6 Å². The standard InChI is InChI=1S/C25H23ClO6/c1-29-21-10-9-15(12-22(21)30-2)20(27)11-16-13-23(31-3)24(32-4)14-18(16)25(28)17-7-5-6-8-19(17)26/h5-10,12-14H,11H2,1-4H3. The maximum atomic E-state index is 13.3. The van der Waals surface area contributed by atoms with Gasteiger partial charge in [0.2, 0.25) is 0 Å². The molecule has 7 heteroatoms. The third kappa shape index (κ3) is 4.70. The Morgan fingerprint density at radius 1 is 0.719 bits per heavy atom. The fraction of sp³-hybridized carbons (Fsp3) is 0.200. The van der Waals surface area contributed by atoms with Gasteiger partial charge in [0.05, 0.1) is 33.5 Å². The van der Waals surface area contributed by atoms with Crippen molar-refractivity contribution < 1.29 is 28.5 Å². The Hall–Kier alpha value is -3.51. The van der Waals surface area contributed by atoms with Gasteiger partial charge in [0, 0.05) is 23.1 Å². The summed E-state index contributed by atoms with van der Waals surface area (Å²) < 4.78 is 21.3. The molecule has 6 nitrogen and oxygen atoms in total. The van der Waals surface area contributed by atoms with Gasteiger partial charge in [-0.1, -0.05) is 23.7 Å². The van der Waals surface area contributed by atoms with E-state index in [2.05, 4.69) is 0 Å². The number of carbonyl (C=O) groups is 2. The molecule has 0 fully saturated rings. The third-order valence-electron chi connectivity index (χ3n) is 5.03. The lowest BCUT2D eigenvalue weighted by Crippen LogP contribution is -2.12. The van der Waals surface area contributed by atoms with Crippen molar-refractivity contribution in [1.82, 2.24) is 0 Å². The highest BCUT2D eigenvalue weighted by atomic mass is 35.5. The van der Waals surface area contributed by atoms with E-state index in [9.17, 15) is 9.59 Å². The summed E-state index contributed by atoms with van der Waals surface area (Å²) in [5.74, 6) is 1.24. The van der Waals surface area contributed by atoms with Crippen LogP contribution in [0.5, 0.6) is 23.0 Å². The van der Waals surface area contributed by atoms with Crippen LogP contribution in [0.15, 0.2) is 54.6 Å². The van der Waals surface area contributed by atoms with Crippen LogP contribution in [0.3, 0.4) is 0 Å². The summed E-state index contributed by atoms with van der Waals surface area (Å²) >= 11 is 6.25. The van der Waals surface area contributed by atoms with Crippen LogP contribution in [0.1, 0.15) is 31.8 Å². The average molecular weight is 455 g/mol. The van der Waals surface area contributed by atoms with Gasteiger partial charge in [-0.3, -0.25) is 9.59 Å². The van der Waals surface area contributed by atoms with Crippen LogP contribution in [0, 0.1) is 0 Å². The number of hydrogen-bond acceptors (Lipinski definition) is 6. The second kappa shape index (κ2) is 10.2. The van der Waals surface area contributed by atoms with E-state index in [0.717, 1.165) is 0 Å². The number of hydrogen-bond donors (Lipinski definition) is 0. The summed E-state index contributed by atoms with van der Waals surface area (Å²) in [5, 5.41) is 0.324. The number of ether oxygens (including phenoxy) is 4. The van der Waals surface area contributed by atoms with Crippen molar-refractivity contribution in [2.24, 2.45) is 0 Å². The van der Waals surface area contributed by atoms with E-state index < -0.39 is 0 Å². The Bertz CT molecular complexity index is 1160. The van der Waals surface area contributed by atoms with Gasteiger partial charge in [-0.25, -0.2) is 0 Å². The molecule has 3 aromatic carbocycles. The van der Waals surface area contributed by atoms with E-state index in [-0.39, 0.29) is 18.0 Å². The molecule has 0 aliphatic heterocycles. The fourth-order valence-electron chi connectivity index (χ4n) is 3.35. The van der Waals surface area contributed by atoms with E-state index >= 15 is 0 Å². The number of carbonyl (C=O) groups excluding carboxylic acids is 2. The number of benzene rings is 3. The quantitative estimate of drug-likeness (QED) is 0.422. The molecule has 0 saturated carbocycles. The van der Waals surface area contributed by atoms with Crippen LogP contribution in [0.4, 0.5) is 0 Å². The molecule has 0 aromatic heterocycles. The SMILES string of the molecule is COc1ccc(C(=O)Cc2cc(OC)c(OC)cc2C(=O)c2ccccc2Cl)cc1OC. The van der Waals surface area contributed by atoms with E-state index in [0.29, 0.717) is 50.3 Å². The highest BCUT2D eigenvalue weighted by Gasteiger charge is 2.22. The van der Waals surface area contributed by atoms with Gasteiger partial charge >= 0.3 is 0 Å². The monoisotopic (exact) mass is 454 g/mol. The molecule has 0 amide bonds. The summed E-state index contributed by atoms with van der Waals surface area (Å²) in [6.45, 7) is 0. The molecule has 166 valence electrons. The molecule has 0 radical (unpaired) electrons. The molecule has 32 heavy (non-hydrogen) atoms. The second-order valence-corrected chi connectivity index (χ2v) is 7.25. The van der Waals surface area contributed by atoms with Gasteiger partial charge in [-0.05, 0) is 48.0 Å². The molecule has 3 rings (SSSR count). The van der Waals surface area contributed by atoms with Crippen molar-refractivity contribution in [2.75, 3.05) is 28.4 Å². The van der Waals surface area contributed by atoms with Crippen LogP contribution < -0.4 is 18.9 Å². The van der Waals surface area contributed by atoms with Crippen LogP contribution in [-0.2, 0) is 6.42 Å². The number of methoxy groups -OCH3 is 4. The maximum Gasteiger partial charge on any atom is 0.194 e. The van der Waals surface area contributed by atoms with Gasteiger partial charge in [0.15, 0.2) is 34.6 Å². The molecule has 0 N–H and O–H groups in total. The fourth-order valence-corrected chi connectivity index (χ4v) is 3.58. The number of ketones is 2. The molecule has 0 saturated heterocycles. The molecule has 0 atom stereocenters. The zero-order chi connectivity index (χ0) is 23.3. The average Bonchev–Trinajstić information content (AvgIpc) is 2.83. The number of rotatable bonds is 9. The summed E-state index contributed by atoms with van der Waals surface area (Å²) in [6.07, 6.45) is -0.0403. The first-order chi connectivity index (χ1) is 15.4. The van der Waals surface area contributed by atoms with Crippen molar-refractivity contribution in [3.63, 3.8) is 0 Å². The maximum absolute atomic E-state index is 13.3. The molecule has 0 heterocycles. The van der Waals surface area contributed by atoms with Gasteiger partial charge in [-0.2, -0.15) is 0 Å². The predicted molar refractivity (Wildman–Crippen MR) is 122 cm³/mol. The first-order valence-electron chi connectivity index (χ1n) is 9.72. The number of halogens is 1. The summed E-state index contributed by atoms with van der Waals surface area (Å²) in [6, 6.07) is 14.9. The largest absolute Gasteiger partial charge is 0.493 e. The van der Waals surface area contributed by atoms with Crippen molar-refractivity contribution in [3.8, 4) is 23.0 Å². The third-order valence-corrected chi connectivity index (χ3v) is 5.36. The molecule has 0 aliphatic rings. The van der Waals surface area contributed by atoms with Gasteiger partial charge < -0.3 is 18.9 Å². The van der Waals surface area contributed by atoms with Crippen LogP contribution in [-0.4, -0.2) is 40.0 Å². The lowest BCUT2D eigenvalue weighted by Gasteiger charge is -2.15. The molecular formula is C25H23ClO6. The highest BCUT2D eigenvalue weighted by Crippen LogP contribution is 2.34. The minimum Gasteiger partial charge on any atom is -0.493 e. The van der Waals surface area contributed by atoms with Crippen LogP contribution in [0.25, 0.3) is 0 Å². The Labute approximate surface area is 191 Å². The van der Waals surface area contributed by atoms with E-state index in [1.165, 1.54) is 28.4 Å². The summed E-state index contributed by atoms with van der Waals surface area (Å²) in [5.41, 5.74) is 1.56. The van der Waals surface area contributed by atoms with E-state index in [4.69, 9.17) is 30.5 Å². The zero-order valence-electron chi connectivity index (χ0n) is 18.2. The molecular weight excluding hydrogens is 432 g/mol. The van der Waals surface area contributed by atoms with Gasteiger partial charge in [-0.15, -0.1) is 0 Å². The minimum atomic E-state index is -0.313. The Morgan fingerprint density at radius 3 is 1.94 bits per heavy atom. The second-order valence-electron chi connectivity index (χ2n) is 6.84. The lowest BCUT2D eigenvalue weighted by molar-refractivity contribution is 0.0992. The first-order valence-corrected chi connectivity index (χ1v) is 10.1. The first kappa shape index (κ1) is 23.2. The highest BCUT2D eigenvalue weighted by molar-refractivity contribution is 6.35. The Kier molecular flexibility index (Phi) is 7.38. The Morgan fingerprint density at radius 2 is 1.31 bits per heavy atom. The predicted octanol–water partition coefficient (Wildman–Crippen LogP) is 5.03. The van der Waals surface area contributed by atoms with Crippen LogP contribution in [0.2, 0.25) is 5.02 Å². The molecule has 0 unspecified atom stereocenters. The lowest BCUT2D eigenvalue weighted by atomic mass is 9.93. The number of Topliss-reactive ketones (excluding diaryl/α,β-unsaturated/α-hetero) is 1. The van der Waals surface area contributed by atoms with Crippen molar-refractivity contribution in [1.29, 1.82) is 0 Å². The van der Waals surface area contributed by atoms with Gasteiger partial charge in [0.25, 0.3) is 0 Å². The smallest absolute Gasteiger partial charge is 0.194 e. The summed E-state index contributed by atoms with van der Waals surface area (Å²) in [4.78, 5) is 26.4. The van der Waals surface area contributed by atoms with Crippen molar-refractivity contribution >= 4 is 23.2 Å². The molecule has 3 aromatic rings. The minimum absolute atomic E-state index is 0.0403. The van der Waals surface area contributed by atoms with E-state index in [1.54, 1.807) is 54.6 Å². The van der Waals surface area contributed by atoms with Crippen molar-refractivity contribution in [2.45, 2.75) is 6.42 Å². The molecule has 0 bridgehead atoms. The Balaban J connectivity index is 2.06.